The summed E-state index contributed by atoms with van der Waals surface area (Å²) >= 11 is 0. The second kappa shape index (κ2) is 8.11. The van der Waals surface area contributed by atoms with E-state index >= 15 is 0 Å². The third-order valence-electron chi connectivity index (χ3n) is 5.82. The lowest BCUT2D eigenvalue weighted by molar-refractivity contribution is -0.141. The molecule has 144 valence electrons. The molecule has 0 spiro atoms. The van der Waals surface area contributed by atoms with Crippen molar-refractivity contribution in [3.05, 3.63) is 30.1 Å². The normalized spacial score (nSPS) is 21.9. The number of aromatic amines is 1. The molecule has 0 saturated carbocycles. The highest BCUT2D eigenvalue weighted by atomic mass is 16.2. The highest BCUT2D eigenvalue weighted by molar-refractivity contribution is 5.85. The summed E-state index contributed by atoms with van der Waals surface area (Å²) in [4.78, 5) is 37.0. The van der Waals surface area contributed by atoms with E-state index in [1.807, 2.05) is 29.2 Å². The summed E-state index contributed by atoms with van der Waals surface area (Å²) in [5, 5.41) is 0. The summed E-state index contributed by atoms with van der Waals surface area (Å²) in [5.41, 5.74) is 2.02. The summed E-state index contributed by atoms with van der Waals surface area (Å²) in [6.07, 6.45) is 6.80. The third-order valence-corrected chi connectivity index (χ3v) is 5.82. The number of rotatable bonds is 3. The zero-order chi connectivity index (χ0) is 18.6. The fraction of sp³-hybridized carbons (Fsp3) is 0.571. The van der Waals surface area contributed by atoms with Crippen LogP contribution in [0.15, 0.2) is 24.3 Å². The number of aromatic nitrogens is 2. The van der Waals surface area contributed by atoms with Crippen LogP contribution in [0, 0.1) is 0 Å². The van der Waals surface area contributed by atoms with Gasteiger partial charge in [0.1, 0.15) is 5.82 Å². The molecule has 0 bridgehead atoms. The maximum absolute atomic E-state index is 12.9. The fourth-order valence-electron chi connectivity index (χ4n) is 4.24. The Morgan fingerprint density at radius 2 is 1.96 bits per heavy atom. The molecule has 0 radical (unpaired) electrons. The minimum atomic E-state index is 0.0738. The van der Waals surface area contributed by atoms with Crippen molar-refractivity contribution < 1.29 is 9.59 Å². The molecule has 4 rings (SSSR count). The molecule has 0 unspecified atom stereocenters. The van der Waals surface area contributed by atoms with Gasteiger partial charge in [0.05, 0.1) is 17.6 Å². The van der Waals surface area contributed by atoms with E-state index in [4.69, 9.17) is 4.98 Å². The quantitative estimate of drug-likeness (QED) is 0.905. The molecule has 2 aliphatic heterocycles. The van der Waals surface area contributed by atoms with Crippen LogP contribution in [-0.2, 0) is 9.59 Å². The maximum Gasteiger partial charge on any atom is 0.242 e. The van der Waals surface area contributed by atoms with E-state index in [1.165, 1.54) is 0 Å². The Morgan fingerprint density at radius 1 is 1.11 bits per heavy atom. The van der Waals surface area contributed by atoms with E-state index in [9.17, 15) is 9.59 Å². The average molecular weight is 368 g/mol. The molecule has 2 saturated heterocycles. The van der Waals surface area contributed by atoms with Crippen molar-refractivity contribution in [1.29, 1.82) is 0 Å². The van der Waals surface area contributed by atoms with E-state index in [0.717, 1.165) is 61.9 Å². The number of para-hydroxylation sites is 2. The highest BCUT2D eigenvalue weighted by Gasteiger charge is 2.28. The number of hydrogen-bond donors (Lipinski definition) is 1. The Balaban J connectivity index is 1.41. The highest BCUT2D eigenvalue weighted by Crippen LogP contribution is 2.27. The number of carbonyl (C=O) groups excluding carboxylic acids is 2. The number of hydrogen-bond acceptors (Lipinski definition) is 3. The largest absolute Gasteiger partial charge is 0.342 e. The van der Waals surface area contributed by atoms with Crippen LogP contribution in [0.4, 0.5) is 0 Å². The number of fused-ring (bicyclic) bond motifs is 1. The molecule has 2 amide bonds. The van der Waals surface area contributed by atoms with Gasteiger partial charge in [-0.1, -0.05) is 25.0 Å². The maximum atomic E-state index is 12.9. The van der Waals surface area contributed by atoms with Crippen LogP contribution in [0.5, 0.6) is 0 Å². The summed E-state index contributed by atoms with van der Waals surface area (Å²) in [6.45, 7) is 2.40. The molecule has 3 heterocycles. The molecule has 2 aliphatic rings. The van der Waals surface area contributed by atoms with Crippen molar-refractivity contribution >= 4 is 22.8 Å². The smallest absolute Gasteiger partial charge is 0.242 e. The van der Waals surface area contributed by atoms with Crippen LogP contribution in [0.25, 0.3) is 11.0 Å². The van der Waals surface area contributed by atoms with Crippen molar-refractivity contribution in [1.82, 2.24) is 19.8 Å². The Bertz CT molecular complexity index is 782. The second-order valence-electron chi connectivity index (χ2n) is 7.80. The summed E-state index contributed by atoms with van der Waals surface area (Å²) in [5.74, 6) is 1.41. The minimum absolute atomic E-state index is 0.0738. The van der Waals surface area contributed by atoms with Gasteiger partial charge in [-0.3, -0.25) is 9.59 Å². The number of piperidine rings is 1. The first-order valence-corrected chi connectivity index (χ1v) is 10.2. The van der Waals surface area contributed by atoms with E-state index in [-0.39, 0.29) is 24.3 Å². The number of carbonyl (C=O) groups is 2. The number of imidazole rings is 1. The summed E-state index contributed by atoms with van der Waals surface area (Å²) < 4.78 is 0. The molecular weight excluding hydrogens is 340 g/mol. The van der Waals surface area contributed by atoms with Gasteiger partial charge < -0.3 is 14.8 Å². The standard InChI is InChI=1S/C21H28N4O2/c26-19-11-3-1-2-6-12-25(19)15-20(27)24-13-7-8-16(14-24)21-22-17-9-4-5-10-18(17)23-21/h4-5,9-10,16H,1-3,6-8,11-15H2,(H,22,23)/t16-/m0/s1. The summed E-state index contributed by atoms with van der Waals surface area (Å²) in [6, 6.07) is 8.03. The molecule has 6 heteroatoms. The van der Waals surface area contributed by atoms with Crippen LogP contribution < -0.4 is 0 Å². The van der Waals surface area contributed by atoms with Crippen LogP contribution in [0.1, 0.15) is 56.7 Å². The first-order valence-electron chi connectivity index (χ1n) is 10.2. The lowest BCUT2D eigenvalue weighted by atomic mass is 9.97. The van der Waals surface area contributed by atoms with Gasteiger partial charge in [0.2, 0.25) is 11.8 Å². The molecule has 2 fully saturated rings. The molecule has 1 atom stereocenters. The van der Waals surface area contributed by atoms with Gasteiger partial charge in [0.25, 0.3) is 0 Å². The van der Waals surface area contributed by atoms with Crippen LogP contribution in [-0.4, -0.2) is 57.8 Å². The number of benzene rings is 1. The Morgan fingerprint density at radius 3 is 2.85 bits per heavy atom. The van der Waals surface area contributed by atoms with Crippen molar-refractivity contribution in [3.8, 4) is 0 Å². The van der Waals surface area contributed by atoms with Gasteiger partial charge >= 0.3 is 0 Å². The molecule has 1 N–H and O–H groups in total. The van der Waals surface area contributed by atoms with E-state index < -0.39 is 0 Å². The molecule has 2 aromatic rings. The van der Waals surface area contributed by atoms with E-state index in [0.29, 0.717) is 19.5 Å². The first kappa shape index (κ1) is 18.0. The zero-order valence-corrected chi connectivity index (χ0v) is 15.8. The number of nitrogens with one attached hydrogen (secondary N) is 1. The van der Waals surface area contributed by atoms with E-state index in [1.54, 1.807) is 4.90 Å². The van der Waals surface area contributed by atoms with Gasteiger partial charge in [0.15, 0.2) is 0 Å². The topological polar surface area (TPSA) is 69.3 Å². The van der Waals surface area contributed by atoms with Crippen LogP contribution in [0.3, 0.4) is 0 Å². The molecule has 0 aliphatic carbocycles. The van der Waals surface area contributed by atoms with Crippen molar-refractivity contribution in [2.75, 3.05) is 26.2 Å². The second-order valence-corrected chi connectivity index (χ2v) is 7.80. The third kappa shape index (κ3) is 4.15. The SMILES string of the molecule is O=C1CCCCCCN1CC(=O)N1CCC[C@H](c2nc3ccccc3[nH]2)C1. The van der Waals surface area contributed by atoms with Gasteiger partial charge in [0, 0.05) is 32.0 Å². The average Bonchev–Trinajstić information content (AvgIpc) is 3.12. The summed E-state index contributed by atoms with van der Waals surface area (Å²) in [7, 11) is 0. The molecule has 1 aromatic carbocycles. The lowest BCUT2D eigenvalue weighted by Gasteiger charge is -2.34. The van der Waals surface area contributed by atoms with Gasteiger partial charge in [-0.15, -0.1) is 0 Å². The fourth-order valence-corrected chi connectivity index (χ4v) is 4.24. The molecule has 1 aromatic heterocycles. The minimum Gasteiger partial charge on any atom is -0.342 e. The van der Waals surface area contributed by atoms with Gasteiger partial charge in [-0.05, 0) is 37.8 Å². The predicted molar refractivity (Wildman–Crippen MR) is 104 cm³/mol. The van der Waals surface area contributed by atoms with Crippen molar-refractivity contribution in [3.63, 3.8) is 0 Å². The van der Waals surface area contributed by atoms with Gasteiger partial charge in [-0.2, -0.15) is 0 Å². The van der Waals surface area contributed by atoms with Crippen LogP contribution >= 0.6 is 0 Å². The molecule has 6 nitrogen and oxygen atoms in total. The first-order chi connectivity index (χ1) is 13.2. The van der Waals surface area contributed by atoms with Gasteiger partial charge in [-0.25, -0.2) is 4.98 Å². The Hall–Kier alpha value is -2.37. The Kier molecular flexibility index (Phi) is 5.41. The Labute approximate surface area is 159 Å². The monoisotopic (exact) mass is 368 g/mol. The van der Waals surface area contributed by atoms with E-state index in [2.05, 4.69) is 4.98 Å². The van der Waals surface area contributed by atoms with Crippen LogP contribution in [0.2, 0.25) is 0 Å². The molecular formula is C21H28N4O2. The molecule has 27 heavy (non-hydrogen) atoms. The van der Waals surface area contributed by atoms with Crippen molar-refractivity contribution in [2.24, 2.45) is 0 Å². The number of H-pyrrole nitrogens is 1. The number of likely N-dealkylation sites (tertiary alicyclic amines) is 2. The van der Waals surface area contributed by atoms with Crippen molar-refractivity contribution in [2.45, 2.75) is 50.9 Å². The number of amides is 2. The lowest BCUT2D eigenvalue weighted by Crippen LogP contribution is -2.46. The predicted octanol–water partition coefficient (Wildman–Crippen LogP) is 3.06. The number of nitrogens with zero attached hydrogens (tertiary/aromatic N) is 3. The zero-order valence-electron chi connectivity index (χ0n) is 15.8.